The van der Waals surface area contributed by atoms with Crippen LogP contribution in [0.15, 0.2) is 51.0 Å². The van der Waals surface area contributed by atoms with Gasteiger partial charge in [0.15, 0.2) is 5.96 Å². The van der Waals surface area contributed by atoms with Gasteiger partial charge in [-0.2, -0.15) is 0 Å². The summed E-state index contributed by atoms with van der Waals surface area (Å²) in [5, 5.41) is 8.02. The summed E-state index contributed by atoms with van der Waals surface area (Å²) in [7, 11) is -1.81. The molecule has 27 heavy (non-hydrogen) atoms. The maximum atomic E-state index is 14.1. The lowest BCUT2D eigenvalue weighted by Gasteiger charge is -2.19. The second kappa shape index (κ2) is 8.37. The normalized spacial score (nSPS) is 16.1. The van der Waals surface area contributed by atoms with E-state index in [0.29, 0.717) is 23.3 Å². The summed E-state index contributed by atoms with van der Waals surface area (Å²) >= 11 is 1.18. The molecule has 146 valence electrons. The van der Waals surface area contributed by atoms with E-state index in [4.69, 9.17) is 0 Å². The predicted molar refractivity (Wildman–Crippen MR) is 106 cm³/mol. The quantitative estimate of drug-likeness (QED) is 0.353. The molecule has 1 aliphatic carbocycles. The van der Waals surface area contributed by atoms with Crippen molar-refractivity contribution in [3.63, 3.8) is 0 Å². The summed E-state index contributed by atoms with van der Waals surface area (Å²) in [6.07, 6.45) is 1.86. The monoisotopic (exact) mass is 410 g/mol. The molecule has 0 spiro atoms. The van der Waals surface area contributed by atoms with Crippen LogP contribution in [0.4, 0.5) is 4.39 Å². The van der Waals surface area contributed by atoms with Gasteiger partial charge in [-0.05, 0) is 35.9 Å². The Morgan fingerprint density at radius 3 is 2.59 bits per heavy atom. The van der Waals surface area contributed by atoms with Crippen LogP contribution >= 0.6 is 11.3 Å². The number of hydrogen-bond donors (Lipinski definition) is 3. The highest BCUT2D eigenvalue weighted by atomic mass is 32.2. The molecule has 1 aromatic heterocycles. The standard InChI is InChI=1S/C18H23FN4O2S2/c1-20-17(21-10-11-23-27(24,25)16-7-4-12-26-16)22-13-18(8-9-18)14-5-2-3-6-15(14)19/h2-7,12,23H,8-11,13H2,1H3,(H2,20,21,22). The van der Waals surface area contributed by atoms with Gasteiger partial charge in [0.1, 0.15) is 10.0 Å². The van der Waals surface area contributed by atoms with Crippen LogP contribution in [0.5, 0.6) is 0 Å². The molecule has 1 aliphatic rings. The molecular formula is C18H23FN4O2S2. The topological polar surface area (TPSA) is 82.6 Å². The minimum absolute atomic E-state index is 0.178. The van der Waals surface area contributed by atoms with Gasteiger partial charge in [0.05, 0.1) is 0 Å². The average Bonchev–Trinajstić information content (AvgIpc) is 3.22. The van der Waals surface area contributed by atoms with Crippen molar-refractivity contribution in [2.75, 3.05) is 26.7 Å². The zero-order valence-electron chi connectivity index (χ0n) is 15.0. The predicted octanol–water partition coefficient (Wildman–Crippen LogP) is 2.06. The first-order valence-corrected chi connectivity index (χ1v) is 11.1. The molecule has 1 saturated carbocycles. The Hall–Kier alpha value is -1.97. The summed E-state index contributed by atoms with van der Waals surface area (Å²) in [6.45, 7) is 1.20. The third-order valence-corrected chi connectivity index (χ3v) is 7.44. The summed E-state index contributed by atoms with van der Waals surface area (Å²) < 4.78 is 41.0. The van der Waals surface area contributed by atoms with E-state index < -0.39 is 10.0 Å². The molecule has 1 heterocycles. The van der Waals surface area contributed by atoms with Crippen LogP contribution in [0, 0.1) is 5.82 Å². The lowest BCUT2D eigenvalue weighted by molar-refractivity contribution is 0.559. The van der Waals surface area contributed by atoms with Crippen LogP contribution in [-0.4, -0.2) is 41.1 Å². The van der Waals surface area contributed by atoms with Crippen LogP contribution in [-0.2, 0) is 15.4 Å². The van der Waals surface area contributed by atoms with Gasteiger partial charge in [-0.15, -0.1) is 11.3 Å². The molecule has 3 rings (SSSR count). The van der Waals surface area contributed by atoms with Crippen molar-refractivity contribution in [3.05, 3.63) is 53.2 Å². The van der Waals surface area contributed by atoms with E-state index in [-0.39, 0.29) is 17.8 Å². The molecule has 0 unspecified atom stereocenters. The Labute approximate surface area is 163 Å². The molecule has 0 amide bonds. The van der Waals surface area contributed by atoms with E-state index in [1.807, 2.05) is 12.1 Å². The number of nitrogens with one attached hydrogen (secondary N) is 3. The van der Waals surface area contributed by atoms with Crippen LogP contribution in [0.1, 0.15) is 18.4 Å². The molecule has 0 bridgehead atoms. The molecular weight excluding hydrogens is 387 g/mol. The lowest BCUT2D eigenvalue weighted by atomic mass is 9.95. The molecule has 1 aromatic carbocycles. The number of halogens is 1. The van der Waals surface area contributed by atoms with Crippen molar-refractivity contribution in [1.82, 2.24) is 15.4 Å². The Morgan fingerprint density at radius 1 is 1.19 bits per heavy atom. The Kier molecular flexibility index (Phi) is 6.13. The van der Waals surface area contributed by atoms with E-state index in [0.717, 1.165) is 18.4 Å². The minimum Gasteiger partial charge on any atom is -0.356 e. The lowest BCUT2D eigenvalue weighted by Crippen LogP contribution is -2.44. The van der Waals surface area contributed by atoms with Gasteiger partial charge in [0, 0.05) is 32.1 Å². The summed E-state index contributed by atoms with van der Waals surface area (Å²) in [5.74, 6) is 0.385. The summed E-state index contributed by atoms with van der Waals surface area (Å²) in [5.41, 5.74) is 0.542. The number of thiophene rings is 1. The van der Waals surface area contributed by atoms with Crippen LogP contribution in [0.3, 0.4) is 0 Å². The van der Waals surface area contributed by atoms with Gasteiger partial charge in [0.2, 0.25) is 10.0 Å². The highest BCUT2D eigenvalue weighted by Gasteiger charge is 2.45. The molecule has 9 heteroatoms. The van der Waals surface area contributed by atoms with Crippen molar-refractivity contribution in [3.8, 4) is 0 Å². The first kappa shape index (κ1) is 19.8. The van der Waals surface area contributed by atoms with E-state index in [9.17, 15) is 12.8 Å². The Morgan fingerprint density at radius 2 is 1.96 bits per heavy atom. The van der Waals surface area contributed by atoms with E-state index in [1.165, 1.54) is 17.4 Å². The Bertz CT molecular complexity index is 894. The molecule has 0 radical (unpaired) electrons. The maximum absolute atomic E-state index is 14.1. The third kappa shape index (κ3) is 4.85. The molecule has 3 N–H and O–H groups in total. The third-order valence-electron chi connectivity index (χ3n) is 4.59. The number of hydrogen-bond acceptors (Lipinski definition) is 4. The van der Waals surface area contributed by atoms with Gasteiger partial charge in [-0.1, -0.05) is 24.3 Å². The van der Waals surface area contributed by atoms with E-state index in [2.05, 4.69) is 20.3 Å². The largest absolute Gasteiger partial charge is 0.356 e. The zero-order chi connectivity index (χ0) is 19.3. The van der Waals surface area contributed by atoms with Crippen LogP contribution in [0.25, 0.3) is 0 Å². The highest BCUT2D eigenvalue weighted by molar-refractivity contribution is 7.91. The molecule has 0 atom stereocenters. The zero-order valence-corrected chi connectivity index (χ0v) is 16.7. The molecule has 6 nitrogen and oxygen atoms in total. The second-order valence-corrected chi connectivity index (χ2v) is 9.38. The van der Waals surface area contributed by atoms with Gasteiger partial charge in [0.25, 0.3) is 0 Å². The van der Waals surface area contributed by atoms with Crippen molar-refractivity contribution in [1.29, 1.82) is 0 Å². The molecule has 0 saturated heterocycles. The Balaban J connectivity index is 1.46. The van der Waals surface area contributed by atoms with Crippen LogP contribution in [0.2, 0.25) is 0 Å². The number of sulfonamides is 1. The van der Waals surface area contributed by atoms with Crippen molar-refractivity contribution < 1.29 is 12.8 Å². The van der Waals surface area contributed by atoms with Gasteiger partial charge < -0.3 is 10.6 Å². The summed E-state index contributed by atoms with van der Waals surface area (Å²) in [6, 6.07) is 10.1. The smallest absolute Gasteiger partial charge is 0.250 e. The van der Waals surface area contributed by atoms with Crippen molar-refractivity contribution in [2.24, 2.45) is 4.99 Å². The average molecular weight is 411 g/mol. The van der Waals surface area contributed by atoms with Gasteiger partial charge in [-0.25, -0.2) is 17.5 Å². The SMILES string of the molecule is CN=C(NCCNS(=O)(=O)c1cccs1)NCC1(c2ccccc2F)CC1. The fraction of sp³-hybridized carbons (Fsp3) is 0.389. The van der Waals surface area contributed by atoms with Gasteiger partial charge in [-0.3, -0.25) is 4.99 Å². The summed E-state index contributed by atoms with van der Waals surface area (Å²) in [4.78, 5) is 4.14. The van der Waals surface area contributed by atoms with Crippen molar-refractivity contribution in [2.45, 2.75) is 22.5 Å². The van der Waals surface area contributed by atoms with E-state index >= 15 is 0 Å². The second-order valence-electron chi connectivity index (χ2n) is 6.44. The number of nitrogens with zero attached hydrogens (tertiary/aromatic N) is 1. The first-order chi connectivity index (χ1) is 13.0. The van der Waals surface area contributed by atoms with E-state index in [1.54, 1.807) is 30.6 Å². The number of benzene rings is 1. The number of guanidine groups is 1. The molecule has 0 aliphatic heterocycles. The fourth-order valence-electron chi connectivity index (χ4n) is 2.91. The maximum Gasteiger partial charge on any atom is 0.250 e. The number of aliphatic imine (C=N–C) groups is 1. The number of rotatable bonds is 8. The first-order valence-electron chi connectivity index (χ1n) is 8.70. The fourth-order valence-corrected chi connectivity index (χ4v) is 4.98. The van der Waals surface area contributed by atoms with Crippen molar-refractivity contribution >= 4 is 27.3 Å². The minimum atomic E-state index is -3.46. The molecule has 1 fully saturated rings. The highest BCUT2D eigenvalue weighted by Crippen LogP contribution is 2.48. The molecule has 2 aromatic rings. The van der Waals surface area contributed by atoms with Crippen LogP contribution < -0.4 is 15.4 Å². The van der Waals surface area contributed by atoms with Gasteiger partial charge >= 0.3 is 0 Å².